The molecule has 0 atom stereocenters. The van der Waals surface area contributed by atoms with E-state index >= 15 is 0 Å². The molecule has 0 aliphatic rings. The molecule has 3 aromatic heterocycles. The Labute approximate surface area is 176 Å². The van der Waals surface area contributed by atoms with Crippen LogP contribution in [0.3, 0.4) is 0 Å². The first-order valence-electron chi connectivity index (χ1n) is 8.94. The number of nitrogens with one attached hydrogen (secondary N) is 1. The number of nitriles is 1. The summed E-state index contributed by atoms with van der Waals surface area (Å²) in [5.74, 6) is 0.356. The molecular formula is C20H17ClN6OS. The first-order valence-corrected chi connectivity index (χ1v) is 10.1. The van der Waals surface area contributed by atoms with E-state index in [0.717, 1.165) is 27.3 Å². The molecule has 0 saturated heterocycles. The number of nitrogens with zero attached hydrogens (tertiary/aromatic N) is 5. The molecule has 0 radical (unpaired) electrons. The van der Waals surface area contributed by atoms with Gasteiger partial charge in [0.2, 0.25) is 0 Å². The number of anilines is 1. The second-order valence-corrected chi connectivity index (χ2v) is 8.03. The van der Waals surface area contributed by atoms with Crippen molar-refractivity contribution in [1.82, 2.24) is 19.6 Å². The molecule has 146 valence electrons. The zero-order chi connectivity index (χ0) is 20.5. The van der Waals surface area contributed by atoms with Gasteiger partial charge < -0.3 is 5.32 Å². The Morgan fingerprint density at radius 1 is 1.28 bits per heavy atom. The topological polar surface area (TPSA) is 88.5 Å². The largest absolute Gasteiger partial charge is 0.306 e. The van der Waals surface area contributed by atoms with Gasteiger partial charge in [0.1, 0.15) is 10.6 Å². The van der Waals surface area contributed by atoms with Crippen molar-refractivity contribution in [3.63, 3.8) is 0 Å². The summed E-state index contributed by atoms with van der Waals surface area (Å²) in [6, 6.07) is 13.2. The molecule has 9 heteroatoms. The maximum atomic E-state index is 12.9. The van der Waals surface area contributed by atoms with Crippen LogP contribution in [0.15, 0.2) is 36.4 Å². The Hall–Kier alpha value is -3.15. The highest BCUT2D eigenvalue weighted by Crippen LogP contribution is 2.31. The number of carbonyl (C=O) groups is 1. The number of fused-ring (bicyclic) bond motifs is 1. The minimum Gasteiger partial charge on any atom is -0.306 e. The fourth-order valence-corrected chi connectivity index (χ4v) is 4.36. The van der Waals surface area contributed by atoms with Crippen LogP contribution in [-0.4, -0.2) is 25.5 Å². The summed E-state index contributed by atoms with van der Waals surface area (Å²) in [7, 11) is 0. The maximum Gasteiger partial charge on any atom is 0.266 e. The zero-order valence-corrected chi connectivity index (χ0v) is 17.4. The molecular weight excluding hydrogens is 408 g/mol. The lowest BCUT2D eigenvalue weighted by Crippen LogP contribution is -2.14. The number of aromatic nitrogens is 4. The number of halogens is 1. The van der Waals surface area contributed by atoms with Gasteiger partial charge in [-0.2, -0.15) is 15.5 Å². The summed E-state index contributed by atoms with van der Waals surface area (Å²) < 4.78 is 3.45. The Kier molecular flexibility index (Phi) is 5.09. The van der Waals surface area contributed by atoms with Crippen molar-refractivity contribution in [1.29, 1.82) is 5.26 Å². The van der Waals surface area contributed by atoms with Crippen LogP contribution in [0.5, 0.6) is 0 Å². The summed E-state index contributed by atoms with van der Waals surface area (Å²) in [6.45, 7) is 4.19. The Bertz CT molecular complexity index is 1260. The average Bonchev–Trinajstić information content (AvgIpc) is 3.35. The predicted molar refractivity (Wildman–Crippen MR) is 114 cm³/mol. The monoisotopic (exact) mass is 424 g/mol. The van der Waals surface area contributed by atoms with Gasteiger partial charge in [0.15, 0.2) is 0 Å². The Morgan fingerprint density at radius 3 is 2.86 bits per heavy atom. The third-order valence-corrected chi connectivity index (χ3v) is 5.74. The molecule has 0 bridgehead atoms. The van der Waals surface area contributed by atoms with E-state index in [1.54, 1.807) is 15.4 Å². The van der Waals surface area contributed by atoms with Crippen LogP contribution in [-0.2, 0) is 6.54 Å². The molecule has 1 amide bonds. The molecule has 0 unspecified atom stereocenters. The van der Waals surface area contributed by atoms with Crippen molar-refractivity contribution in [3.05, 3.63) is 57.7 Å². The summed E-state index contributed by atoms with van der Waals surface area (Å²) in [4.78, 5) is 14.3. The lowest BCUT2D eigenvalue weighted by Gasteiger charge is -2.06. The highest BCUT2D eigenvalue weighted by atomic mass is 35.5. The first-order chi connectivity index (χ1) is 14.0. The lowest BCUT2D eigenvalue weighted by atomic mass is 10.3. The SMILES string of the molecule is Cc1cc(NC(=O)c2cc3c(C)nn(-c4cccc(Cl)c4)c3s2)n(CCC#N)n1. The van der Waals surface area contributed by atoms with Crippen LogP contribution >= 0.6 is 22.9 Å². The van der Waals surface area contributed by atoms with E-state index in [2.05, 4.69) is 21.6 Å². The molecule has 0 fully saturated rings. The van der Waals surface area contributed by atoms with Gasteiger partial charge in [-0.05, 0) is 38.1 Å². The van der Waals surface area contributed by atoms with Gasteiger partial charge in [0.05, 0.1) is 41.0 Å². The number of hydrogen-bond donors (Lipinski definition) is 1. The number of aryl methyl sites for hydroxylation is 3. The van der Waals surface area contributed by atoms with Crippen molar-refractivity contribution in [3.8, 4) is 11.8 Å². The molecule has 4 rings (SSSR count). The van der Waals surface area contributed by atoms with Gasteiger partial charge in [0.25, 0.3) is 5.91 Å². The quantitative estimate of drug-likeness (QED) is 0.502. The fourth-order valence-electron chi connectivity index (χ4n) is 3.09. The Morgan fingerprint density at radius 2 is 2.10 bits per heavy atom. The normalized spacial score (nSPS) is 11.0. The minimum atomic E-state index is -0.221. The molecule has 0 saturated carbocycles. The van der Waals surface area contributed by atoms with Crippen LogP contribution in [0, 0.1) is 25.2 Å². The van der Waals surface area contributed by atoms with Crippen molar-refractivity contribution in [2.45, 2.75) is 26.8 Å². The molecule has 0 aliphatic carbocycles. The third-order valence-electron chi connectivity index (χ3n) is 4.40. The predicted octanol–water partition coefficient (Wildman–Crippen LogP) is 4.72. The van der Waals surface area contributed by atoms with Crippen LogP contribution in [0.2, 0.25) is 5.02 Å². The number of benzene rings is 1. The number of rotatable bonds is 5. The van der Waals surface area contributed by atoms with Crippen LogP contribution in [0.1, 0.15) is 27.5 Å². The number of thiophene rings is 1. The van der Waals surface area contributed by atoms with Gasteiger partial charge in [0, 0.05) is 16.5 Å². The van der Waals surface area contributed by atoms with E-state index in [9.17, 15) is 4.79 Å². The molecule has 29 heavy (non-hydrogen) atoms. The van der Waals surface area contributed by atoms with Crippen molar-refractivity contribution >= 4 is 44.9 Å². The van der Waals surface area contributed by atoms with Gasteiger partial charge in [-0.1, -0.05) is 17.7 Å². The van der Waals surface area contributed by atoms with Crippen LogP contribution in [0.4, 0.5) is 5.82 Å². The van der Waals surface area contributed by atoms with Crippen molar-refractivity contribution in [2.75, 3.05) is 5.32 Å². The van der Waals surface area contributed by atoms with E-state index in [4.69, 9.17) is 16.9 Å². The summed E-state index contributed by atoms with van der Waals surface area (Å²) >= 11 is 7.49. The standard InChI is InChI=1S/C20H17ClN6OS/c1-12-9-18(26(24-12)8-4-7-22)23-19(28)17-11-16-13(2)25-27(20(16)29-17)15-6-3-5-14(21)10-15/h3,5-6,9-11H,4,8H2,1-2H3,(H,23,28). The lowest BCUT2D eigenvalue weighted by molar-refractivity contribution is 0.102. The molecule has 4 aromatic rings. The Balaban J connectivity index is 1.66. The maximum absolute atomic E-state index is 12.9. The first kappa shape index (κ1) is 19.2. The molecule has 3 heterocycles. The van der Waals surface area contributed by atoms with E-state index in [-0.39, 0.29) is 5.91 Å². The summed E-state index contributed by atoms with van der Waals surface area (Å²) in [6.07, 6.45) is 0.321. The molecule has 0 spiro atoms. The summed E-state index contributed by atoms with van der Waals surface area (Å²) in [5, 5.41) is 22.2. The van der Waals surface area contributed by atoms with Crippen LogP contribution in [0.25, 0.3) is 15.9 Å². The minimum absolute atomic E-state index is 0.221. The van der Waals surface area contributed by atoms with Crippen molar-refractivity contribution in [2.24, 2.45) is 0 Å². The van der Waals surface area contributed by atoms with Gasteiger partial charge >= 0.3 is 0 Å². The van der Waals surface area contributed by atoms with Gasteiger partial charge in [-0.3, -0.25) is 4.79 Å². The zero-order valence-electron chi connectivity index (χ0n) is 15.8. The van der Waals surface area contributed by atoms with Crippen molar-refractivity contribution < 1.29 is 4.79 Å². The molecule has 0 aliphatic heterocycles. The second-order valence-electron chi connectivity index (χ2n) is 6.56. The smallest absolute Gasteiger partial charge is 0.266 e. The van der Waals surface area contributed by atoms with E-state index < -0.39 is 0 Å². The number of hydrogen-bond acceptors (Lipinski definition) is 5. The highest BCUT2D eigenvalue weighted by molar-refractivity contribution is 7.20. The number of amides is 1. The molecule has 7 nitrogen and oxygen atoms in total. The second kappa shape index (κ2) is 7.70. The summed E-state index contributed by atoms with van der Waals surface area (Å²) in [5.41, 5.74) is 2.46. The average molecular weight is 425 g/mol. The number of carbonyl (C=O) groups excluding carboxylic acids is 1. The van der Waals surface area contributed by atoms with Gasteiger partial charge in [-0.15, -0.1) is 11.3 Å². The van der Waals surface area contributed by atoms with E-state index in [1.165, 1.54) is 11.3 Å². The third kappa shape index (κ3) is 3.75. The van der Waals surface area contributed by atoms with E-state index in [0.29, 0.717) is 28.7 Å². The molecule has 1 aromatic carbocycles. The molecule has 1 N–H and O–H groups in total. The van der Waals surface area contributed by atoms with E-state index in [1.807, 2.05) is 44.2 Å². The van der Waals surface area contributed by atoms with Gasteiger partial charge in [-0.25, -0.2) is 9.36 Å². The fraction of sp³-hybridized carbons (Fsp3) is 0.200. The van der Waals surface area contributed by atoms with Crippen LogP contribution < -0.4 is 5.32 Å². The highest BCUT2D eigenvalue weighted by Gasteiger charge is 2.18.